The van der Waals surface area contributed by atoms with Crippen molar-refractivity contribution in [1.29, 1.82) is 0 Å². The topological polar surface area (TPSA) is 33.3 Å². The summed E-state index contributed by atoms with van der Waals surface area (Å²) in [5, 5.41) is 7.46. The van der Waals surface area contributed by atoms with E-state index in [9.17, 15) is 0 Å². The molecule has 0 saturated heterocycles. The van der Waals surface area contributed by atoms with Gasteiger partial charge in [-0.25, -0.2) is 0 Å². The number of hydrogen-bond donors (Lipinski definition) is 2. The minimum absolute atomic E-state index is 0.278. The van der Waals surface area contributed by atoms with Crippen LogP contribution in [0.4, 0.5) is 11.4 Å². The van der Waals surface area contributed by atoms with E-state index in [0.717, 1.165) is 30.0 Å². The molecule has 25 heavy (non-hydrogen) atoms. The molecule has 0 amide bonds. The molecule has 0 saturated carbocycles. The zero-order valence-corrected chi connectivity index (χ0v) is 14.3. The first-order valence-corrected chi connectivity index (χ1v) is 8.59. The predicted molar refractivity (Wildman–Crippen MR) is 103 cm³/mol. The standard InChI is InChI=1S/C22H22N2O/c1-25-20-14-8-13-19-21(20)24-22(23-19,15-17-9-4-2-5-10-17)16-18-11-6-3-7-12-18/h2-14,23-24H,15-16H2,1H3. The third-order valence-electron chi connectivity index (χ3n) is 4.68. The second kappa shape index (κ2) is 6.52. The molecule has 3 heteroatoms. The number of hydrogen-bond acceptors (Lipinski definition) is 3. The number of anilines is 2. The smallest absolute Gasteiger partial charge is 0.144 e. The van der Waals surface area contributed by atoms with Crippen molar-refractivity contribution < 1.29 is 4.74 Å². The van der Waals surface area contributed by atoms with E-state index in [1.165, 1.54) is 11.1 Å². The van der Waals surface area contributed by atoms with Gasteiger partial charge in [0.05, 0.1) is 12.8 Å². The molecule has 3 aromatic rings. The SMILES string of the molecule is COc1cccc2c1NC(Cc1ccccc1)(Cc1ccccc1)N2. The monoisotopic (exact) mass is 330 g/mol. The molecule has 3 nitrogen and oxygen atoms in total. The number of para-hydroxylation sites is 1. The Bertz CT molecular complexity index is 805. The number of rotatable bonds is 5. The van der Waals surface area contributed by atoms with Crippen molar-refractivity contribution >= 4 is 11.4 Å². The summed E-state index contributed by atoms with van der Waals surface area (Å²) in [5.41, 5.74) is 4.44. The van der Waals surface area contributed by atoms with Crippen molar-refractivity contribution in [3.8, 4) is 5.75 Å². The Morgan fingerprint density at radius 3 is 1.88 bits per heavy atom. The highest BCUT2D eigenvalue weighted by molar-refractivity contribution is 5.82. The van der Waals surface area contributed by atoms with Gasteiger partial charge in [0, 0.05) is 12.8 Å². The maximum Gasteiger partial charge on any atom is 0.144 e. The molecule has 126 valence electrons. The van der Waals surface area contributed by atoms with Crippen LogP contribution >= 0.6 is 0 Å². The lowest BCUT2D eigenvalue weighted by Gasteiger charge is -2.31. The maximum atomic E-state index is 5.55. The van der Waals surface area contributed by atoms with Crippen molar-refractivity contribution in [1.82, 2.24) is 0 Å². The summed E-state index contributed by atoms with van der Waals surface area (Å²) in [6.07, 6.45) is 1.75. The average molecular weight is 330 g/mol. The Morgan fingerprint density at radius 1 is 0.720 bits per heavy atom. The predicted octanol–water partition coefficient (Wildman–Crippen LogP) is 4.71. The van der Waals surface area contributed by atoms with Crippen molar-refractivity contribution in [2.45, 2.75) is 18.5 Å². The van der Waals surface area contributed by atoms with Gasteiger partial charge in [-0.3, -0.25) is 0 Å². The van der Waals surface area contributed by atoms with Gasteiger partial charge in [-0.2, -0.15) is 0 Å². The van der Waals surface area contributed by atoms with Gasteiger partial charge in [0.1, 0.15) is 17.1 Å². The quantitative estimate of drug-likeness (QED) is 0.710. The van der Waals surface area contributed by atoms with E-state index in [0.29, 0.717) is 0 Å². The van der Waals surface area contributed by atoms with Crippen LogP contribution < -0.4 is 15.4 Å². The Labute approximate surface area is 148 Å². The molecule has 0 spiro atoms. The van der Waals surface area contributed by atoms with Crippen LogP contribution in [0.2, 0.25) is 0 Å². The lowest BCUT2D eigenvalue weighted by atomic mass is 9.93. The number of nitrogens with one attached hydrogen (secondary N) is 2. The summed E-state index contributed by atoms with van der Waals surface area (Å²) < 4.78 is 5.55. The van der Waals surface area contributed by atoms with Gasteiger partial charge in [-0.15, -0.1) is 0 Å². The minimum Gasteiger partial charge on any atom is -0.495 e. The van der Waals surface area contributed by atoms with E-state index in [4.69, 9.17) is 4.74 Å². The highest BCUT2D eigenvalue weighted by Crippen LogP contribution is 2.43. The second-order valence-corrected chi connectivity index (χ2v) is 6.54. The molecule has 0 unspecified atom stereocenters. The second-order valence-electron chi connectivity index (χ2n) is 6.54. The van der Waals surface area contributed by atoms with E-state index < -0.39 is 0 Å². The van der Waals surface area contributed by atoms with Crippen molar-refractivity contribution in [2.24, 2.45) is 0 Å². The van der Waals surface area contributed by atoms with Crippen LogP contribution in [0.1, 0.15) is 11.1 Å². The van der Waals surface area contributed by atoms with Crippen LogP contribution in [0.15, 0.2) is 78.9 Å². The van der Waals surface area contributed by atoms with E-state index >= 15 is 0 Å². The van der Waals surface area contributed by atoms with Crippen molar-refractivity contribution in [2.75, 3.05) is 17.7 Å². The molecule has 1 heterocycles. The Hall–Kier alpha value is -2.94. The van der Waals surface area contributed by atoms with Crippen LogP contribution in [-0.4, -0.2) is 12.8 Å². The number of ether oxygens (including phenoxy) is 1. The molecule has 1 aliphatic rings. The van der Waals surface area contributed by atoms with Gasteiger partial charge in [0.25, 0.3) is 0 Å². The zero-order chi connectivity index (χ0) is 17.1. The van der Waals surface area contributed by atoms with Crippen LogP contribution in [0.25, 0.3) is 0 Å². The summed E-state index contributed by atoms with van der Waals surface area (Å²) in [6, 6.07) is 27.3. The fraction of sp³-hybridized carbons (Fsp3) is 0.182. The summed E-state index contributed by atoms with van der Waals surface area (Å²) in [5.74, 6) is 0.869. The third kappa shape index (κ3) is 3.18. The molecule has 0 fully saturated rings. The fourth-order valence-corrected chi connectivity index (χ4v) is 3.59. The largest absolute Gasteiger partial charge is 0.495 e. The number of benzene rings is 3. The first-order valence-electron chi connectivity index (χ1n) is 8.59. The molecule has 4 rings (SSSR count). The van der Waals surface area contributed by atoms with Gasteiger partial charge < -0.3 is 15.4 Å². The van der Waals surface area contributed by atoms with Crippen LogP contribution in [0.3, 0.4) is 0 Å². The zero-order valence-electron chi connectivity index (χ0n) is 14.3. The maximum absolute atomic E-state index is 5.55. The van der Waals surface area contributed by atoms with Crippen molar-refractivity contribution in [3.63, 3.8) is 0 Å². The van der Waals surface area contributed by atoms with E-state index in [1.807, 2.05) is 12.1 Å². The van der Waals surface area contributed by atoms with Crippen LogP contribution in [0.5, 0.6) is 5.75 Å². The Morgan fingerprint density at radius 2 is 1.32 bits per heavy atom. The van der Waals surface area contributed by atoms with Gasteiger partial charge >= 0.3 is 0 Å². The first-order chi connectivity index (χ1) is 12.3. The minimum atomic E-state index is -0.278. The lowest BCUT2D eigenvalue weighted by molar-refractivity contribution is 0.415. The summed E-state index contributed by atoms with van der Waals surface area (Å²) in [4.78, 5) is 0. The Kier molecular flexibility index (Phi) is 4.06. The molecule has 0 bridgehead atoms. The van der Waals surface area contributed by atoms with Gasteiger partial charge in [0.2, 0.25) is 0 Å². The van der Waals surface area contributed by atoms with E-state index in [-0.39, 0.29) is 5.66 Å². The number of methoxy groups -OCH3 is 1. The summed E-state index contributed by atoms with van der Waals surface area (Å²) in [6.45, 7) is 0. The van der Waals surface area contributed by atoms with Gasteiger partial charge in [-0.05, 0) is 23.3 Å². The van der Waals surface area contributed by atoms with E-state index in [2.05, 4.69) is 77.4 Å². The Balaban J connectivity index is 1.70. The average Bonchev–Trinajstić information content (AvgIpc) is 3.01. The van der Waals surface area contributed by atoms with Gasteiger partial charge in [-0.1, -0.05) is 66.7 Å². The molecule has 0 aromatic heterocycles. The molecule has 0 atom stereocenters. The van der Waals surface area contributed by atoms with Crippen LogP contribution in [-0.2, 0) is 12.8 Å². The fourth-order valence-electron chi connectivity index (χ4n) is 3.59. The molecular weight excluding hydrogens is 308 g/mol. The molecule has 1 aliphatic heterocycles. The molecule has 3 aromatic carbocycles. The molecule has 2 N–H and O–H groups in total. The highest BCUT2D eigenvalue weighted by Gasteiger charge is 2.37. The molecule has 0 radical (unpaired) electrons. The summed E-state index contributed by atoms with van der Waals surface area (Å²) in [7, 11) is 1.71. The van der Waals surface area contributed by atoms with E-state index in [1.54, 1.807) is 7.11 Å². The first kappa shape index (κ1) is 15.6. The lowest BCUT2D eigenvalue weighted by Crippen LogP contribution is -2.46. The normalized spacial score (nSPS) is 14.3. The van der Waals surface area contributed by atoms with Crippen LogP contribution in [0, 0.1) is 0 Å². The molecule has 0 aliphatic carbocycles. The third-order valence-corrected chi connectivity index (χ3v) is 4.68. The van der Waals surface area contributed by atoms with Gasteiger partial charge in [0.15, 0.2) is 0 Å². The van der Waals surface area contributed by atoms with Crippen molar-refractivity contribution in [3.05, 3.63) is 90.0 Å². The number of fused-ring (bicyclic) bond motifs is 1. The summed E-state index contributed by atoms with van der Waals surface area (Å²) >= 11 is 0. The highest BCUT2D eigenvalue weighted by atomic mass is 16.5. The molecular formula is C22H22N2O.